The molecule has 2 aromatic rings. The zero-order valence-electron chi connectivity index (χ0n) is 13.6. The first-order valence-corrected chi connectivity index (χ1v) is 8.88. The molecular weight excluding hydrogens is 424 g/mol. The summed E-state index contributed by atoms with van der Waals surface area (Å²) in [4.78, 5) is 37.9. The summed E-state index contributed by atoms with van der Waals surface area (Å²) in [5.41, 5.74) is 1.56. The van der Waals surface area contributed by atoms with Crippen LogP contribution in [0.15, 0.2) is 40.9 Å². The van der Waals surface area contributed by atoms with Gasteiger partial charge in [-0.2, -0.15) is 0 Å². The number of rotatable bonds is 3. The second-order valence-corrected chi connectivity index (χ2v) is 7.20. The molecule has 1 aliphatic heterocycles. The van der Waals surface area contributed by atoms with Crippen molar-refractivity contribution < 1.29 is 19.5 Å². The molecule has 1 aliphatic rings. The van der Waals surface area contributed by atoms with E-state index < -0.39 is 12.0 Å². The van der Waals surface area contributed by atoms with Crippen molar-refractivity contribution in [2.45, 2.75) is 19.5 Å². The molecule has 134 valence electrons. The Labute approximate surface area is 162 Å². The van der Waals surface area contributed by atoms with Crippen LogP contribution in [-0.4, -0.2) is 33.8 Å². The fraction of sp³-hybridized carbons (Fsp3) is 0.167. The number of carboxylic acids is 1. The molecule has 2 aromatic carbocycles. The molecule has 0 radical (unpaired) electrons. The lowest BCUT2D eigenvalue weighted by Crippen LogP contribution is -2.42. The molecular formula is C18H14BrClN2O4. The average Bonchev–Trinajstić information content (AvgIpc) is 2.65. The summed E-state index contributed by atoms with van der Waals surface area (Å²) >= 11 is 9.18. The van der Waals surface area contributed by atoms with Crippen LogP contribution in [0.2, 0.25) is 5.02 Å². The highest BCUT2D eigenvalue weighted by molar-refractivity contribution is 9.10. The molecule has 0 bridgehead atoms. The summed E-state index contributed by atoms with van der Waals surface area (Å²) in [5, 5.41) is 12.3. The lowest BCUT2D eigenvalue weighted by atomic mass is 10.1. The van der Waals surface area contributed by atoms with Crippen LogP contribution in [0.4, 0.5) is 5.69 Å². The maximum Gasteiger partial charge on any atom is 0.336 e. The Kier molecular flexibility index (Phi) is 5.02. The summed E-state index contributed by atoms with van der Waals surface area (Å²) in [7, 11) is 0. The normalized spacial score (nSPS) is 16.7. The van der Waals surface area contributed by atoms with Gasteiger partial charge in [-0.05, 0) is 58.7 Å². The molecule has 0 saturated carbocycles. The van der Waals surface area contributed by atoms with E-state index in [9.17, 15) is 14.4 Å². The average molecular weight is 438 g/mol. The predicted molar refractivity (Wildman–Crippen MR) is 101 cm³/mol. The summed E-state index contributed by atoms with van der Waals surface area (Å²) in [5.74, 6) is -1.67. The fourth-order valence-electron chi connectivity index (χ4n) is 2.75. The molecule has 0 aliphatic carbocycles. The van der Waals surface area contributed by atoms with Crippen LogP contribution < -0.4 is 5.32 Å². The Bertz CT molecular complexity index is 931. The van der Waals surface area contributed by atoms with Crippen molar-refractivity contribution in [2.75, 3.05) is 5.32 Å². The number of carbonyl (C=O) groups excluding carboxylic acids is 2. The minimum Gasteiger partial charge on any atom is -0.478 e. The summed E-state index contributed by atoms with van der Waals surface area (Å²) in [6, 6.07) is 8.73. The van der Waals surface area contributed by atoms with Gasteiger partial charge in [0.15, 0.2) is 0 Å². The first-order chi connectivity index (χ1) is 12.3. The van der Waals surface area contributed by atoms with E-state index in [2.05, 4.69) is 21.2 Å². The van der Waals surface area contributed by atoms with Crippen molar-refractivity contribution in [3.63, 3.8) is 0 Å². The molecule has 26 heavy (non-hydrogen) atoms. The number of aromatic carboxylic acids is 1. The van der Waals surface area contributed by atoms with Crippen LogP contribution in [0.25, 0.3) is 0 Å². The van der Waals surface area contributed by atoms with Gasteiger partial charge in [-0.3, -0.25) is 9.59 Å². The van der Waals surface area contributed by atoms with Crippen LogP contribution in [0.5, 0.6) is 0 Å². The van der Waals surface area contributed by atoms with Gasteiger partial charge in [0.1, 0.15) is 6.04 Å². The summed E-state index contributed by atoms with van der Waals surface area (Å²) in [6.45, 7) is 1.80. The van der Waals surface area contributed by atoms with E-state index in [-0.39, 0.29) is 23.9 Å². The number of anilines is 1. The maximum atomic E-state index is 13.0. The number of hydrogen-bond acceptors (Lipinski definition) is 3. The number of halogens is 2. The Balaban J connectivity index is 1.97. The van der Waals surface area contributed by atoms with E-state index in [4.69, 9.17) is 16.7 Å². The molecule has 2 amide bonds. The second kappa shape index (κ2) is 7.09. The smallest absolute Gasteiger partial charge is 0.336 e. The Hall–Kier alpha value is -2.38. The molecule has 1 unspecified atom stereocenters. The summed E-state index contributed by atoms with van der Waals surface area (Å²) in [6.07, 6.45) is 0. The number of benzene rings is 2. The minimum atomic E-state index is -1.05. The molecule has 0 saturated heterocycles. The molecule has 1 heterocycles. The monoisotopic (exact) mass is 436 g/mol. The van der Waals surface area contributed by atoms with E-state index >= 15 is 0 Å². The van der Waals surface area contributed by atoms with Gasteiger partial charge in [0.25, 0.3) is 5.91 Å². The first kappa shape index (κ1) is 18.4. The highest BCUT2D eigenvalue weighted by Gasteiger charge is 2.32. The van der Waals surface area contributed by atoms with E-state index in [0.29, 0.717) is 26.3 Å². The fourth-order valence-corrected chi connectivity index (χ4v) is 3.52. The van der Waals surface area contributed by atoms with Crippen molar-refractivity contribution in [2.24, 2.45) is 0 Å². The van der Waals surface area contributed by atoms with E-state index in [1.807, 2.05) is 0 Å². The molecule has 2 N–H and O–H groups in total. The number of hydrogen-bond donors (Lipinski definition) is 2. The molecule has 0 fully saturated rings. The summed E-state index contributed by atoms with van der Waals surface area (Å²) < 4.78 is 0.411. The quantitative estimate of drug-likeness (QED) is 0.765. The third kappa shape index (κ3) is 3.45. The number of carbonyl (C=O) groups is 3. The third-order valence-corrected chi connectivity index (χ3v) is 5.09. The van der Waals surface area contributed by atoms with Crippen LogP contribution in [-0.2, 0) is 11.3 Å². The van der Waals surface area contributed by atoms with E-state index in [1.165, 1.54) is 11.0 Å². The van der Waals surface area contributed by atoms with Gasteiger partial charge in [0, 0.05) is 16.0 Å². The van der Waals surface area contributed by atoms with Gasteiger partial charge in [-0.25, -0.2) is 4.79 Å². The Morgan fingerprint density at radius 2 is 2.00 bits per heavy atom. The first-order valence-electron chi connectivity index (χ1n) is 7.71. The largest absolute Gasteiger partial charge is 0.478 e. The van der Waals surface area contributed by atoms with Crippen molar-refractivity contribution in [3.8, 4) is 0 Å². The Morgan fingerprint density at radius 1 is 1.27 bits per heavy atom. The highest BCUT2D eigenvalue weighted by atomic mass is 79.9. The number of nitrogens with zero attached hydrogens (tertiary/aromatic N) is 1. The van der Waals surface area contributed by atoms with Crippen molar-refractivity contribution >= 4 is 51.0 Å². The van der Waals surface area contributed by atoms with Gasteiger partial charge < -0.3 is 15.3 Å². The lowest BCUT2D eigenvalue weighted by Gasteiger charge is -2.26. The van der Waals surface area contributed by atoms with Crippen LogP contribution in [0, 0.1) is 0 Å². The van der Waals surface area contributed by atoms with Crippen molar-refractivity contribution in [3.05, 3.63) is 62.6 Å². The van der Waals surface area contributed by atoms with Gasteiger partial charge in [-0.1, -0.05) is 17.7 Å². The minimum absolute atomic E-state index is 0.127. The number of nitrogens with one attached hydrogen (secondary N) is 1. The zero-order chi connectivity index (χ0) is 19.0. The van der Waals surface area contributed by atoms with Crippen molar-refractivity contribution in [1.29, 1.82) is 0 Å². The van der Waals surface area contributed by atoms with Gasteiger partial charge in [0.05, 0.1) is 16.8 Å². The predicted octanol–water partition coefficient (Wildman–Crippen LogP) is 3.78. The molecule has 6 nitrogen and oxygen atoms in total. The van der Waals surface area contributed by atoms with E-state index in [0.717, 1.165) is 0 Å². The standard InChI is InChI=1S/C18H14BrClN2O4/c1-9-16(23)21-15-7-11(20)3-5-13(15)17(24)22(9)8-10-2-4-12(18(25)26)14(19)6-10/h2-7,9H,8H2,1H3,(H,21,23)(H,25,26). The van der Waals surface area contributed by atoms with Gasteiger partial charge >= 0.3 is 5.97 Å². The third-order valence-electron chi connectivity index (χ3n) is 4.19. The zero-order valence-corrected chi connectivity index (χ0v) is 16.0. The molecule has 0 aromatic heterocycles. The highest BCUT2D eigenvalue weighted by Crippen LogP contribution is 2.28. The molecule has 0 spiro atoms. The van der Waals surface area contributed by atoms with Crippen molar-refractivity contribution in [1.82, 2.24) is 4.90 Å². The lowest BCUT2D eigenvalue weighted by molar-refractivity contribution is -0.120. The number of carboxylic acid groups (broad SMARTS) is 1. The van der Waals surface area contributed by atoms with E-state index in [1.54, 1.807) is 37.3 Å². The molecule has 8 heteroatoms. The second-order valence-electron chi connectivity index (χ2n) is 5.91. The Morgan fingerprint density at radius 3 is 2.65 bits per heavy atom. The van der Waals surface area contributed by atoms with Crippen LogP contribution in [0.1, 0.15) is 33.2 Å². The molecule has 3 rings (SSSR count). The maximum absolute atomic E-state index is 13.0. The van der Waals surface area contributed by atoms with Crippen LogP contribution in [0.3, 0.4) is 0 Å². The van der Waals surface area contributed by atoms with Gasteiger partial charge in [-0.15, -0.1) is 0 Å². The number of amides is 2. The number of fused-ring (bicyclic) bond motifs is 1. The van der Waals surface area contributed by atoms with Crippen LogP contribution >= 0.6 is 27.5 Å². The molecule has 1 atom stereocenters. The topological polar surface area (TPSA) is 86.7 Å². The van der Waals surface area contributed by atoms with Gasteiger partial charge in [0.2, 0.25) is 5.91 Å². The SMILES string of the molecule is CC1C(=O)Nc2cc(Cl)ccc2C(=O)N1Cc1ccc(C(=O)O)c(Br)c1.